The molecule has 0 heterocycles. The summed E-state index contributed by atoms with van der Waals surface area (Å²) in [7, 11) is 0. The predicted octanol–water partition coefficient (Wildman–Crippen LogP) is 4.40. The lowest BCUT2D eigenvalue weighted by atomic mass is 10.1. The van der Waals surface area contributed by atoms with E-state index in [9.17, 15) is 0 Å². The second-order valence-corrected chi connectivity index (χ2v) is 5.52. The van der Waals surface area contributed by atoms with Gasteiger partial charge in [0.2, 0.25) is 0 Å². The van der Waals surface area contributed by atoms with Crippen molar-refractivity contribution >= 4 is 35.0 Å². The van der Waals surface area contributed by atoms with E-state index in [2.05, 4.69) is 18.5 Å². The van der Waals surface area contributed by atoms with Gasteiger partial charge in [0.05, 0.1) is 0 Å². The summed E-state index contributed by atoms with van der Waals surface area (Å²) >= 11 is 14.0. The minimum atomic E-state index is 0.244. The topological polar surface area (TPSA) is 12.0 Å². The van der Waals surface area contributed by atoms with Gasteiger partial charge in [0.15, 0.2) is 0 Å². The molecule has 0 aliphatic rings. The quantitative estimate of drug-likeness (QED) is 0.774. The van der Waals surface area contributed by atoms with Crippen LogP contribution in [0.3, 0.4) is 0 Å². The molecule has 1 rings (SSSR count). The van der Waals surface area contributed by atoms with Crippen molar-refractivity contribution in [3.8, 4) is 0 Å². The summed E-state index contributed by atoms with van der Waals surface area (Å²) in [6.07, 6.45) is 3.29. The molecule has 0 saturated carbocycles. The Morgan fingerprint density at radius 2 is 2.12 bits per heavy atom. The van der Waals surface area contributed by atoms with Gasteiger partial charge in [-0.25, -0.2) is 0 Å². The van der Waals surface area contributed by atoms with Gasteiger partial charge in [-0.05, 0) is 55.7 Å². The number of hydrogen-bond donors (Lipinski definition) is 1. The molecule has 90 valence electrons. The van der Waals surface area contributed by atoms with Crippen molar-refractivity contribution in [3.63, 3.8) is 0 Å². The molecule has 1 N–H and O–H groups in total. The molecule has 1 unspecified atom stereocenters. The Labute approximate surface area is 112 Å². The van der Waals surface area contributed by atoms with Crippen molar-refractivity contribution in [3.05, 3.63) is 33.8 Å². The number of benzene rings is 1. The fourth-order valence-corrected chi connectivity index (χ4v) is 2.39. The van der Waals surface area contributed by atoms with E-state index in [4.69, 9.17) is 23.2 Å². The van der Waals surface area contributed by atoms with E-state index < -0.39 is 0 Å². The van der Waals surface area contributed by atoms with Gasteiger partial charge in [-0.3, -0.25) is 0 Å². The largest absolute Gasteiger partial charge is 0.310 e. The molecule has 0 aliphatic heterocycles. The third kappa shape index (κ3) is 4.54. The Bertz CT molecular complexity index is 331. The van der Waals surface area contributed by atoms with Crippen molar-refractivity contribution in [1.82, 2.24) is 5.32 Å². The van der Waals surface area contributed by atoms with Gasteiger partial charge in [0.1, 0.15) is 0 Å². The fourth-order valence-electron chi connectivity index (χ4n) is 1.49. The maximum Gasteiger partial charge on any atom is 0.0454 e. The van der Waals surface area contributed by atoms with Crippen LogP contribution < -0.4 is 5.32 Å². The minimum absolute atomic E-state index is 0.244. The van der Waals surface area contributed by atoms with Crippen LogP contribution in [0.2, 0.25) is 10.0 Å². The zero-order valence-corrected chi connectivity index (χ0v) is 11.9. The van der Waals surface area contributed by atoms with Gasteiger partial charge in [0, 0.05) is 16.1 Å². The Hall–Kier alpha value is 0.110. The Morgan fingerprint density at radius 1 is 1.38 bits per heavy atom. The van der Waals surface area contributed by atoms with Gasteiger partial charge >= 0.3 is 0 Å². The summed E-state index contributed by atoms with van der Waals surface area (Å²) in [6, 6.07) is 5.83. The maximum absolute atomic E-state index is 6.13. The summed E-state index contributed by atoms with van der Waals surface area (Å²) in [5.41, 5.74) is 1.07. The van der Waals surface area contributed by atoms with Crippen molar-refractivity contribution in [2.75, 3.05) is 18.6 Å². The van der Waals surface area contributed by atoms with Crippen LogP contribution in [-0.4, -0.2) is 18.6 Å². The molecule has 0 aliphatic carbocycles. The van der Waals surface area contributed by atoms with E-state index in [1.807, 2.05) is 30.0 Å². The van der Waals surface area contributed by atoms with Crippen LogP contribution in [-0.2, 0) is 0 Å². The Kier molecular flexibility index (Phi) is 6.59. The van der Waals surface area contributed by atoms with Crippen molar-refractivity contribution in [2.24, 2.45) is 0 Å². The van der Waals surface area contributed by atoms with Crippen molar-refractivity contribution < 1.29 is 0 Å². The highest BCUT2D eigenvalue weighted by molar-refractivity contribution is 7.98. The first-order chi connectivity index (χ1) is 7.65. The summed E-state index contributed by atoms with van der Waals surface area (Å²) in [5, 5.41) is 4.95. The second-order valence-electron chi connectivity index (χ2n) is 3.69. The summed E-state index contributed by atoms with van der Waals surface area (Å²) < 4.78 is 0. The summed E-state index contributed by atoms with van der Waals surface area (Å²) in [6.45, 7) is 3.11. The van der Waals surface area contributed by atoms with E-state index in [1.165, 1.54) is 12.2 Å². The van der Waals surface area contributed by atoms with Gasteiger partial charge < -0.3 is 5.32 Å². The molecule has 0 fully saturated rings. The number of nitrogens with one attached hydrogen (secondary N) is 1. The molecule has 16 heavy (non-hydrogen) atoms. The molecule has 0 amide bonds. The molecule has 0 aromatic heterocycles. The number of rotatable bonds is 6. The van der Waals surface area contributed by atoms with Crippen LogP contribution in [0.1, 0.15) is 24.9 Å². The lowest BCUT2D eigenvalue weighted by molar-refractivity contribution is 0.573. The van der Waals surface area contributed by atoms with Crippen molar-refractivity contribution in [1.29, 1.82) is 0 Å². The smallest absolute Gasteiger partial charge is 0.0454 e. The Balaban J connectivity index is 2.51. The highest BCUT2D eigenvalue weighted by atomic mass is 35.5. The standard InChI is InChI=1S/C12H17Cl2NS/c1-9(15-6-3-7-16-2)11-8-10(13)4-5-12(11)14/h4-5,8-9,15H,3,6-7H2,1-2H3. The summed E-state index contributed by atoms with van der Waals surface area (Å²) in [5.74, 6) is 1.18. The molecule has 1 aromatic rings. The normalized spacial score (nSPS) is 12.8. The van der Waals surface area contributed by atoms with Gasteiger partial charge in [-0.1, -0.05) is 23.2 Å². The number of hydrogen-bond acceptors (Lipinski definition) is 2. The van der Waals surface area contributed by atoms with E-state index >= 15 is 0 Å². The molecule has 0 spiro atoms. The maximum atomic E-state index is 6.13. The van der Waals surface area contributed by atoms with Crippen LogP contribution >= 0.6 is 35.0 Å². The molecular weight excluding hydrogens is 261 g/mol. The van der Waals surface area contributed by atoms with Crippen LogP contribution in [0.25, 0.3) is 0 Å². The first-order valence-corrected chi connectivity index (χ1v) is 7.47. The van der Waals surface area contributed by atoms with E-state index in [1.54, 1.807) is 0 Å². The molecular formula is C12H17Cl2NS. The lowest BCUT2D eigenvalue weighted by Crippen LogP contribution is -2.20. The average molecular weight is 278 g/mol. The molecule has 0 radical (unpaired) electrons. The zero-order valence-electron chi connectivity index (χ0n) is 9.59. The van der Waals surface area contributed by atoms with E-state index in [0.717, 1.165) is 22.2 Å². The highest BCUT2D eigenvalue weighted by Crippen LogP contribution is 2.26. The average Bonchev–Trinajstić information content (AvgIpc) is 2.27. The van der Waals surface area contributed by atoms with E-state index in [-0.39, 0.29) is 6.04 Å². The molecule has 0 bridgehead atoms. The van der Waals surface area contributed by atoms with Crippen LogP contribution in [0.5, 0.6) is 0 Å². The second kappa shape index (κ2) is 7.44. The first-order valence-electron chi connectivity index (χ1n) is 5.32. The lowest BCUT2D eigenvalue weighted by Gasteiger charge is -2.15. The van der Waals surface area contributed by atoms with Gasteiger partial charge in [-0.15, -0.1) is 0 Å². The Morgan fingerprint density at radius 3 is 2.81 bits per heavy atom. The highest BCUT2D eigenvalue weighted by Gasteiger charge is 2.09. The summed E-state index contributed by atoms with van der Waals surface area (Å²) in [4.78, 5) is 0. The molecule has 0 saturated heterocycles. The van der Waals surface area contributed by atoms with Crippen LogP contribution in [0.15, 0.2) is 18.2 Å². The van der Waals surface area contributed by atoms with Crippen LogP contribution in [0, 0.1) is 0 Å². The molecule has 4 heteroatoms. The first kappa shape index (κ1) is 14.2. The van der Waals surface area contributed by atoms with Crippen molar-refractivity contribution in [2.45, 2.75) is 19.4 Å². The van der Waals surface area contributed by atoms with Gasteiger partial charge in [-0.2, -0.15) is 11.8 Å². The SMILES string of the molecule is CSCCCNC(C)c1cc(Cl)ccc1Cl. The monoisotopic (exact) mass is 277 g/mol. The van der Waals surface area contributed by atoms with Gasteiger partial charge in [0.25, 0.3) is 0 Å². The minimum Gasteiger partial charge on any atom is -0.310 e. The molecule has 1 nitrogen and oxygen atoms in total. The third-order valence-corrected chi connectivity index (χ3v) is 3.68. The zero-order chi connectivity index (χ0) is 12.0. The predicted molar refractivity (Wildman–Crippen MR) is 75.9 cm³/mol. The van der Waals surface area contributed by atoms with Crippen LogP contribution in [0.4, 0.5) is 0 Å². The molecule has 1 atom stereocenters. The fraction of sp³-hybridized carbons (Fsp3) is 0.500. The third-order valence-electron chi connectivity index (χ3n) is 2.40. The number of thioether (sulfide) groups is 1. The van der Waals surface area contributed by atoms with E-state index in [0.29, 0.717) is 0 Å². The molecule has 1 aromatic carbocycles. The number of halogens is 2.